The van der Waals surface area contributed by atoms with Crippen molar-refractivity contribution in [2.75, 3.05) is 13.1 Å². The zero-order chi connectivity index (χ0) is 17.0. The highest BCUT2D eigenvalue weighted by Crippen LogP contribution is 2.22. The van der Waals surface area contributed by atoms with Crippen molar-refractivity contribution < 1.29 is 9.18 Å². The lowest BCUT2D eigenvalue weighted by atomic mass is 9.89. The molecule has 3 nitrogen and oxygen atoms in total. The van der Waals surface area contributed by atoms with Gasteiger partial charge in [-0.1, -0.05) is 44.9 Å². The number of rotatable bonds is 5. The fourth-order valence-electron chi connectivity index (χ4n) is 3.18. The summed E-state index contributed by atoms with van der Waals surface area (Å²) in [5.41, 5.74) is 0.891. The molecule has 1 aromatic carbocycles. The SMILES string of the molecule is CCC1CN(C(=O)C(C)C)CCC1NCc1ccc(Cl)c(F)c1. The molecule has 2 atom stereocenters. The monoisotopic (exact) mass is 340 g/mol. The summed E-state index contributed by atoms with van der Waals surface area (Å²) in [5, 5.41) is 3.68. The van der Waals surface area contributed by atoms with E-state index in [1.807, 2.05) is 24.8 Å². The minimum absolute atomic E-state index is 0.0501. The highest BCUT2D eigenvalue weighted by atomic mass is 35.5. The molecule has 2 rings (SSSR count). The zero-order valence-electron chi connectivity index (χ0n) is 14.1. The molecule has 0 bridgehead atoms. The van der Waals surface area contributed by atoms with Gasteiger partial charge in [-0.05, 0) is 30.0 Å². The molecule has 128 valence electrons. The van der Waals surface area contributed by atoms with E-state index in [1.165, 1.54) is 6.07 Å². The lowest BCUT2D eigenvalue weighted by Crippen LogP contribution is -2.51. The molecular weight excluding hydrogens is 315 g/mol. The van der Waals surface area contributed by atoms with Gasteiger partial charge in [-0.25, -0.2) is 4.39 Å². The first kappa shape index (κ1) is 18.2. The van der Waals surface area contributed by atoms with E-state index in [-0.39, 0.29) is 22.7 Å². The van der Waals surface area contributed by atoms with E-state index in [9.17, 15) is 9.18 Å². The second kappa shape index (κ2) is 8.11. The summed E-state index contributed by atoms with van der Waals surface area (Å²) < 4.78 is 13.5. The Morgan fingerprint density at radius 2 is 2.22 bits per heavy atom. The van der Waals surface area contributed by atoms with Crippen LogP contribution in [-0.4, -0.2) is 29.9 Å². The van der Waals surface area contributed by atoms with Crippen molar-refractivity contribution in [3.05, 3.63) is 34.6 Å². The van der Waals surface area contributed by atoms with Crippen molar-refractivity contribution >= 4 is 17.5 Å². The lowest BCUT2D eigenvalue weighted by molar-refractivity contribution is -0.136. The number of hydrogen-bond acceptors (Lipinski definition) is 2. The summed E-state index contributed by atoms with van der Waals surface area (Å²) in [5.74, 6) is 0.342. The topological polar surface area (TPSA) is 32.3 Å². The Labute approximate surface area is 143 Å². The van der Waals surface area contributed by atoms with Crippen molar-refractivity contribution in [1.82, 2.24) is 10.2 Å². The highest BCUT2D eigenvalue weighted by Gasteiger charge is 2.30. The fourth-order valence-corrected chi connectivity index (χ4v) is 3.30. The summed E-state index contributed by atoms with van der Waals surface area (Å²) in [6.07, 6.45) is 1.96. The van der Waals surface area contributed by atoms with Crippen LogP contribution in [0, 0.1) is 17.7 Å². The highest BCUT2D eigenvalue weighted by molar-refractivity contribution is 6.30. The first-order valence-electron chi connectivity index (χ1n) is 8.38. The van der Waals surface area contributed by atoms with Crippen molar-refractivity contribution in [3.63, 3.8) is 0 Å². The van der Waals surface area contributed by atoms with Crippen LogP contribution in [0.3, 0.4) is 0 Å². The fraction of sp³-hybridized carbons (Fsp3) is 0.611. The predicted molar refractivity (Wildman–Crippen MR) is 91.9 cm³/mol. The summed E-state index contributed by atoms with van der Waals surface area (Å²) in [6.45, 7) is 8.27. The van der Waals surface area contributed by atoms with Crippen LogP contribution in [0.5, 0.6) is 0 Å². The Morgan fingerprint density at radius 1 is 1.48 bits per heavy atom. The van der Waals surface area contributed by atoms with Crippen LogP contribution in [0.15, 0.2) is 18.2 Å². The number of nitrogens with one attached hydrogen (secondary N) is 1. The Bertz CT molecular complexity index is 550. The number of halogens is 2. The second-order valence-electron chi connectivity index (χ2n) is 6.63. The van der Waals surface area contributed by atoms with Crippen LogP contribution in [0.2, 0.25) is 5.02 Å². The van der Waals surface area contributed by atoms with Crippen LogP contribution < -0.4 is 5.32 Å². The van der Waals surface area contributed by atoms with Gasteiger partial charge in [-0.2, -0.15) is 0 Å². The average molecular weight is 341 g/mol. The third kappa shape index (κ3) is 4.67. The number of carbonyl (C=O) groups excluding carboxylic acids is 1. The van der Waals surface area contributed by atoms with E-state index >= 15 is 0 Å². The molecular formula is C18H26ClFN2O. The van der Waals surface area contributed by atoms with Crippen LogP contribution in [0.4, 0.5) is 4.39 Å². The van der Waals surface area contributed by atoms with E-state index in [0.717, 1.165) is 31.5 Å². The number of amides is 1. The maximum Gasteiger partial charge on any atom is 0.225 e. The van der Waals surface area contributed by atoms with Gasteiger partial charge in [0, 0.05) is 31.6 Å². The van der Waals surface area contributed by atoms with E-state index in [4.69, 9.17) is 11.6 Å². The third-order valence-electron chi connectivity index (χ3n) is 4.62. The summed E-state index contributed by atoms with van der Waals surface area (Å²) in [7, 11) is 0. The number of hydrogen-bond donors (Lipinski definition) is 1. The van der Waals surface area contributed by atoms with Gasteiger partial charge in [0.05, 0.1) is 5.02 Å². The molecule has 1 amide bonds. The zero-order valence-corrected chi connectivity index (χ0v) is 14.9. The Balaban J connectivity index is 1.93. The minimum Gasteiger partial charge on any atom is -0.342 e. The van der Waals surface area contributed by atoms with E-state index < -0.39 is 0 Å². The molecule has 1 aromatic rings. The number of carbonyl (C=O) groups is 1. The maximum atomic E-state index is 13.5. The minimum atomic E-state index is -0.379. The van der Waals surface area contributed by atoms with Gasteiger partial charge in [0.25, 0.3) is 0 Å². The van der Waals surface area contributed by atoms with E-state index in [0.29, 0.717) is 18.5 Å². The summed E-state index contributed by atoms with van der Waals surface area (Å²) in [6, 6.07) is 5.27. The first-order valence-corrected chi connectivity index (χ1v) is 8.76. The predicted octanol–water partition coefficient (Wildman–Crippen LogP) is 3.85. The molecule has 0 aliphatic carbocycles. The molecule has 1 saturated heterocycles. The van der Waals surface area contributed by atoms with Crippen LogP contribution in [0.1, 0.15) is 39.2 Å². The number of benzene rings is 1. The second-order valence-corrected chi connectivity index (χ2v) is 7.04. The molecule has 0 radical (unpaired) electrons. The van der Waals surface area contributed by atoms with Crippen molar-refractivity contribution in [1.29, 1.82) is 0 Å². The van der Waals surface area contributed by atoms with Gasteiger partial charge in [0.15, 0.2) is 0 Å². The van der Waals surface area contributed by atoms with Gasteiger partial charge in [-0.3, -0.25) is 4.79 Å². The van der Waals surface area contributed by atoms with Crippen LogP contribution >= 0.6 is 11.6 Å². The summed E-state index contributed by atoms with van der Waals surface area (Å²) >= 11 is 5.71. The normalized spacial score (nSPS) is 21.7. The van der Waals surface area contributed by atoms with E-state index in [2.05, 4.69) is 12.2 Å². The number of nitrogens with zero attached hydrogens (tertiary/aromatic N) is 1. The molecule has 1 fully saturated rings. The largest absolute Gasteiger partial charge is 0.342 e. The van der Waals surface area contributed by atoms with Gasteiger partial charge >= 0.3 is 0 Å². The van der Waals surface area contributed by atoms with E-state index in [1.54, 1.807) is 6.07 Å². The quantitative estimate of drug-likeness (QED) is 0.883. The molecule has 1 aliphatic heterocycles. The molecule has 1 N–H and O–H groups in total. The maximum absolute atomic E-state index is 13.5. The van der Waals surface area contributed by atoms with Crippen molar-refractivity contribution in [3.8, 4) is 0 Å². The van der Waals surface area contributed by atoms with Crippen molar-refractivity contribution in [2.45, 2.75) is 46.2 Å². The number of likely N-dealkylation sites (tertiary alicyclic amines) is 1. The molecule has 0 spiro atoms. The molecule has 0 saturated carbocycles. The Kier molecular flexibility index (Phi) is 6.42. The summed E-state index contributed by atoms with van der Waals surface area (Å²) in [4.78, 5) is 14.2. The molecule has 0 aromatic heterocycles. The van der Waals surface area contributed by atoms with Crippen molar-refractivity contribution in [2.24, 2.45) is 11.8 Å². The number of piperidine rings is 1. The lowest BCUT2D eigenvalue weighted by Gasteiger charge is -2.39. The van der Waals surface area contributed by atoms with Crippen LogP contribution in [0.25, 0.3) is 0 Å². The van der Waals surface area contributed by atoms with Gasteiger partial charge < -0.3 is 10.2 Å². The molecule has 2 unspecified atom stereocenters. The Morgan fingerprint density at radius 3 is 2.83 bits per heavy atom. The molecule has 1 heterocycles. The molecule has 23 heavy (non-hydrogen) atoms. The van der Waals surface area contributed by atoms with Gasteiger partial charge in [-0.15, -0.1) is 0 Å². The standard InChI is InChI=1S/C18H26ClFN2O/c1-4-14-11-22(18(23)12(2)3)8-7-17(14)21-10-13-5-6-15(19)16(20)9-13/h5-6,9,12,14,17,21H,4,7-8,10-11H2,1-3H3. The first-order chi connectivity index (χ1) is 10.9. The van der Waals surface area contributed by atoms with Gasteiger partial charge in [0.2, 0.25) is 5.91 Å². The average Bonchev–Trinajstić information content (AvgIpc) is 2.55. The molecule has 1 aliphatic rings. The smallest absolute Gasteiger partial charge is 0.225 e. The third-order valence-corrected chi connectivity index (χ3v) is 4.92. The Hall–Kier alpha value is -1.13. The van der Waals surface area contributed by atoms with Crippen LogP contribution in [-0.2, 0) is 11.3 Å². The molecule has 5 heteroatoms. The van der Waals surface area contributed by atoms with Gasteiger partial charge in [0.1, 0.15) is 5.82 Å².